The van der Waals surface area contributed by atoms with Crippen LogP contribution in [0.3, 0.4) is 0 Å². The van der Waals surface area contributed by atoms with Crippen LogP contribution in [-0.2, 0) is 4.74 Å². The molecule has 3 unspecified atom stereocenters. The molecular formula is C17H23NO. The fraction of sp³-hybridized carbons (Fsp3) is 0.647. The summed E-state index contributed by atoms with van der Waals surface area (Å²) < 4.78 is 5.92. The molecule has 19 heavy (non-hydrogen) atoms. The van der Waals surface area contributed by atoms with Crippen molar-refractivity contribution in [1.29, 1.82) is 0 Å². The highest BCUT2D eigenvalue weighted by atomic mass is 16.5. The van der Waals surface area contributed by atoms with Gasteiger partial charge in [-0.15, -0.1) is 0 Å². The van der Waals surface area contributed by atoms with Crippen LogP contribution in [0.2, 0.25) is 0 Å². The third-order valence-corrected chi connectivity index (χ3v) is 5.24. The van der Waals surface area contributed by atoms with E-state index in [0.29, 0.717) is 18.2 Å². The summed E-state index contributed by atoms with van der Waals surface area (Å²) in [6.07, 6.45) is 7.50. The second-order valence-corrected chi connectivity index (χ2v) is 6.66. The Morgan fingerprint density at radius 1 is 1.05 bits per heavy atom. The molecule has 1 saturated carbocycles. The summed E-state index contributed by atoms with van der Waals surface area (Å²) in [5, 5.41) is 3.83. The Kier molecular flexibility index (Phi) is 2.89. The maximum Gasteiger partial charge on any atom is 0.0733 e. The van der Waals surface area contributed by atoms with Crippen molar-refractivity contribution in [3.05, 3.63) is 35.4 Å². The molecule has 2 saturated heterocycles. The molecule has 1 aliphatic carbocycles. The molecule has 3 fully saturated rings. The van der Waals surface area contributed by atoms with Crippen molar-refractivity contribution in [2.75, 3.05) is 0 Å². The molecule has 0 amide bonds. The number of benzene rings is 1. The highest BCUT2D eigenvalue weighted by molar-refractivity contribution is 5.26. The number of hydrogen-bond donors (Lipinski definition) is 1. The molecule has 0 aromatic heterocycles. The number of nitrogens with one attached hydrogen (secondary N) is 1. The van der Waals surface area contributed by atoms with Gasteiger partial charge >= 0.3 is 0 Å². The van der Waals surface area contributed by atoms with Crippen molar-refractivity contribution in [2.45, 2.75) is 69.2 Å². The topological polar surface area (TPSA) is 21.3 Å². The molecule has 102 valence electrons. The maximum atomic E-state index is 5.92. The van der Waals surface area contributed by atoms with Crippen molar-refractivity contribution in [3.8, 4) is 0 Å². The van der Waals surface area contributed by atoms with Crippen LogP contribution in [0.5, 0.6) is 0 Å². The van der Waals surface area contributed by atoms with E-state index in [-0.39, 0.29) is 0 Å². The van der Waals surface area contributed by atoms with Gasteiger partial charge in [-0.1, -0.05) is 29.8 Å². The van der Waals surface area contributed by atoms with Crippen molar-refractivity contribution < 1.29 is 4.74 Å². The molecule has 4 rings (SSSR count). The van der Waals surface area contributed by atoms with Gasteiger partial charge in [-0.05, 0) is 50.5 Å². The zero-order valence-corrected chi connectivity index (χ0v) is 11.6. The minimum absolute atomic E-state index is 0.517. The van der Waals surface area contributed by atoms with Gasteiger partial charge in [0.25, 0.3) is 0 Å². The molecule has 3 aliphatic rings. The normalized spacial score (nSPS) is 40.4. The number of hydrogen-bond acceptors (Lipinski definition) is 2. The summed E-state index contributed by atoms with van der Waals surface area (Å²) in [5.41, 5.74) is 2.88. The Labute approximate surface area is 115 Å². The Morgan fingerprint density at radius 2 is 1.84 bits per heavy atom. The molecule has 2 aliphatic heterocycles. The summed E-state index contributed by atoms with van der Waals surface area (Å²) in [5.74, 6) is 0.776. The largest absolute Gasteiger partial charge is 0.373 e. The van der Waals surface area contributed by atoms with E-state index in [9.17, 15) is 0 Å². The molecule has 1 aromatic carbocycles. The number of rotatable bonds is 3. The lowest BCUT2D eigenvalue weighted by atomic mass is 9.75. The third-order valence-electron chi connectivity index (χ3n) is 5.24. The van der Waals surface area contributed by atoms with E-state index < -0.39 is 0 Å². The minimum atomic E-state index is 0.517. The highest BCUT2D eigenvalue weighted by Crippen LogP contribution is 2.40. The zero-order valence-electron chi connectivity index (χ0n) is 11.6. The predicted octanol–water partition coefficient (Wildman–Crippen LogP) is 3.15. The Hall–Kier alpha value is -0.860. The molecular weight excluding hydrogens is 234 g/mol. The first kappa shape index (κ1) is 11.9. The Morgan fingerprint density at radius 3 is 2.47 bits per heavy atom. The van der Waals surface area contributed by atoms with Gasteiger partial charge in [0, 0.05) is 12.1 Å². The molecule has 2 heterocycles. The lowest BCUT2D eigenvalue weighted by Crippen LogP contribution is -2.49. The van der Waals surface area contributed by atoms with Gasteiger partial charge in [-0.2, -0.15) is 0 Å². The van der Waals surface area contributed by atoms with Crippen molar-refractivity contribution in [3.63, 3.8) is 0 Å². The number of ether oxygens (including phenoxy) is 1. The van der Waals surface area contributed by atoms with Crippen LogP contribution in [0.25, 0.3) is 0 Å². The van der Waals surface area contributed by atoms with Crippen LogP contribution in [0.15, 0.2) is 24.3 Å². The first-order chi connectivity index (χ1) is 9.28. The van der Waals surface area contributed by atoms with E-state index >= 15 is 0 Å². The third kappa shape index (κ3) is 2.21. The van der Waals surface area contributed by atoms with E-state index in [1.807, 2.05) is 0 Å². The van der Waals surface area contributed by atoms with E-state index in [0.717, 1.165) is 12.0 Å². The van der Waals surface area contributed by atoms with Crippen LogP contribution in [-0.4, -0.2) is 24.3 Å². The first-order valence-corrected chi connectivity index (χ1v) is 7.76. The van der Waals surface area contributed by atoms with Gasteiger partial charge in [-0.25, -0.2) is 0 Å². The average Bonchev–Trinajstić information content (AvgIpc) is 2.97. The highest BCUT2D eigenvalue weighted by Gasteiger charge is 2.43. The second kappa shape index (κ2) is 4.60. The van der Waals surface area contributed by atoms with Gasteiger partial charge in [-0.3, -0.25) is 0 Å². The fourth-order valence-electron chi connectivity index (χ4n) is 3.98. The van der Waals surface area contributed by atoms with E-state index in [2.05, 4.69) is 36.5 Å². The fourth-order valence-corrected chi connectivity index (χ4v) is 3.98. The van der Waals surface area contributed by atoms with Crippen LogP contribution >= 0.6 is 0 Å². The van der Waals surface area contributed by atoms with Gasteiger partial charge in [0.1, 0.15) is 0 Å². The van der Waals surface area contributed by atoms with E-state index in [4.69, 9.17) is 4.74 Å². The summed E-state index contributed by atoms with van der Waals surface area (Å²) in [4.78, 5) is 0. The molecule has 0 radical (unpaired) electrons. The van der Waals surface area contributed by atoms with Gasteiger partial charge < -0.3 is 10.1 Å². The van der Waals surface area contributed by atoms with Crippen LogP contribution in [0, 0.1) is 6.92 Å². The molecule has 0 spiro atoms. The molecule has 1 N–H and O–H groups in total. The quantitative estimate of drug-likeness (QED) is 0.898. The molecule has 3 atom stereocenters. The van der Waals surface area contributed by atoms with Crippen molar-refractivity contribution in [1.82, 2.24) is 5.32 Å². The summed E-state index contributed by atoms with van der Waals surface area (Å²) in [6.45, 7) is 2.16. The van der Waals surface area contributed by atoms with Crippen LogP contribution in [0.1, 0.15) is 49.1 Å². The lowest BCUT2D eigenvalue weighted by Gasteiger charge is -2.39. The first-order valence-electron chi connectivity index (χ1n) is 7.76. The summed E-state index contributed by atoms with van der Waals surface area (Å²) in [7, 11) is 0. The molecule has 2 nitrogen and oxygen atoms in total. The van der Waals surface area contributed by atoms with Crippen LogP contribution < -0.4 is 5.32 Å². The van der Waals surface area contributed by atoms with E-state index in [1.165, 1.54) is 43.2 Å². The lowest BCUT2D eigenvalue weighted by molar-refractivity contribution is 0.0931. The van der Waals surface area contributed by atoms with E-state index in [1.54, 1.807) is 0 Å². The number of fused-ring (bicyclic) bond motifs is 2. The maximum absolute atomic E-state index is 5.92. The van der Waals surface area contributed by atoms with Crippen LogP contribution in [0.4, 0.5) is 0 Å². The zero-order chi connectivity index (χ0) is 12.8. The SMILES string of the molecule is Cc1ccc(C2CC(NC3CC4CCC3O4)C2)cc1. The standard InChI is InChI=1S/C17H23NO/c1-11-2-4-12(5-3-11)13-8-14(9-13)18-16-10-15-6-7-17(16)19-15/h2-5,13-18H,6-10H2,1H3. The van der Waals surface area contributed by atoms with Gasteiger partial charge in [0.2, 0.25) is 0 Å². The summed E-state index contributed by atoms with van der Waals surface area (Å²) >= 11 is 0. The minimum Gasteiger partial charge on any atom is -0.373 e. The average molecular weight is 257 g/mol. The summed E-state index contributed by atoms with van der Waals surface area (Å²) in [6, 6.07) is 10.4. The predicted molar refractivity (Wildman–Crippen MR) is 76.4 cm³/mol. The monoisotopic (exact) mass is 257 g/mol. The Balaban J connectivity index is 1.30. The van der Waals surface area contributed by atoms with Gasteiger partial charge in [0.05, 0.1) is 12.2 Å². The smallest absolute Gasteiger partial charge is 0.0733 e. The van der Waals surface area contributed by atoms with Gasteiger partial charge in [0.15, 0.2) is 0 Å². The van der Waals surface area contributed by atoms with Crippen molar-refractivity contribution in [2.24, 2.45) is 0 Å². The Bertz CT molecular complexity index is 449. The molecule has 2 heteroatoms. The molecule has 1 aromatic rings. The van der Waals surface area contributed by atoms with Crippen molar-refractivity contribution >= 4 is 0 Å². The molecule has 2 bridgehead atoms. The second-order valence-electron chi connectivity index (χ2n) is 6.66. The number of aryl methyl sites for hydroxylation is 1.